The minimum atomic E-state index is 0.0204. The molecule has 0 atom stereocenters. The normalized spacial score (nSPS) is 14.2. The molecule has 1 aliphatic heterocycles. The van der Waals surface area contributed by atoms with Gasteiger partial charge in [0.15, 0.2) is 0 Å². The first-order valence-corrected chi connectivity index (χ1v) is 7.03. The number of nitrogens with zero attached hydrogens (tertiary/aromatic N) is 3. The molecule has 2 heterocycles. The number of amides is 1. The Morgan fingerprint density at radius 1 is 1.10 bits per heavy atom. The number of fused-ring (bicyclic) bond motifs is 2. The summed E-state index contributed by atoms with van der Waals surface area (Å²) in [5, 5.41) is 10.6. The molecule has 1 N–H and O–H groups in total. The van der Waals surface area contributed by atoms with Crippen LogP contribution in [0.2, 0.25) is 0 Å². The molecule has 0 radical (unpaired) electrons. The second kappa shape index (κ2) is 4.70. The first kappa shape index (κ1) is 12.1. The van der Waals surface area contributed by atoms with Crippen molar-refractivity contribution in [3.8, 4) is 0 Å². The van der Waals surface area contributed by atoms with Gasteiger partial charge in [-0.3, -0.25) is 4.79 Å². The standard InChI is InChI=1S/C16H14N4O/c21-16(12-7-8-13-14(10-12)18-19-17-13)20-9-3-5-11-4-1-2-6-15(11)20/h1-2,4,6-8,10H,3,5,9H2,(H,17,18,19). The number of rotatable bonds is 1. The summed E-state index contributed by atoms with van der Waals surface area (Å²) < 4.78 is 0. The van der Waals surface area contributed by atoms with Crippen molar-refractivity contribution in [3.63, 3.8) is 0 Å². The highest BCUT2D eigenvalue weighted by Crippen LogP contribution is 2.28. The molecule has 21 heavy (non-hydrogen) atoms. The predicted molar refractivity (Wildman–Crippen MR) is 80.3 cm³/mol. The van der Waals surface area contributed by atoms with Gasteiger partial charge in [0.1, 0.15) is 11.0 Å². The molecular formula is C16H14N4O. The first-order valence-electron chi connectivity index (χ1n) is 7.03. The van der Waals surface area contributed by atoms with Gasteiger partial charge in [0, 0.05) is 17.8 Å². The Morgan fingerprint density at radius 3 is 2.90 bits per heavy atom. The lowest BCUT2D eigenvalue weighted by Gasteiger charge is -2.29. The Balaban J connectivity index is 1.75. The molecule has 0 unspecified atom stereocenters. The van der Waals surface area contributed by atoms with Crippen molar-refractivity contribution in [1.29, 1.82) is 0 Å². The van der Waals surface area contributed by atoms with Crippen LogP contribution in [0.15, 0.2) is 42.5 Å². The molecule has 1 aromatic heterocycles. The zero-order valence-corrected chi connectivity index (χ0v) is 11.4. The molecular weight excluding hydrogens is 264 g/mol. The summed E-state index contributed by atoms with van der Waals surface area (Å²) >= 11 is 0. The molecule has 0 spiro atoms. The molecule has 0 bridgehead atoms. The topological polar surface area (TPSA) is 61.9 Å². The molecule has 0 aliphatic carbocycles. The monoisotopic (exact) mass is 278 g/mol. The van der Waals surface area contributed by atoms with Crippen molar-refractivity contribution in [2.24, 2.45) is 0 Å². The number of H-pyrrole nitrogens is 1. The number of benzene rings is 2. The highest BCUT2D eigenvalue weighted by Gasteiger charge is 2.23. The highest BCUT2D eigenvalue weighted by molar-refractivity contribution is 6.08. The number of hydrogen-bond donors (Lipinski definition) is 1. The van der Waals surface area contributed by atoms with Gasteiger partial charge in [0.05, 0.1) is 0 Å². The minimum absolute atomic E-state index is 0.0204. The first-order chi connectivity index (χ1) is 10.3. The van der Waals surface area contributed by atoms with E-state index < -0.39 is 0 Å². The van der Waals surface area contributed by atoms with E-state index in [1.807, 2.05) is 35.2 Å². The predicted octanol–water partition coefficient (Wildman–Crippen LogP) is 2.55. The van der Waals surface area contributed by atoms with E-state index in [0.29, 0.717) is 11.1 Å². The number of aryl methyl sites for hydroxylation is 1. The summed E-state index contributed by atoms with van der Waals surface area (Å²) in [5.41, 5.74) is 4.39. The number of aromatic amines is 1. The van der Waals surface area contributed by atoms with E-state index in [1.54, 1.807) is 6.07 Å². The lowest BCUT2D eigenvalue weighted by molar-refractivity contribution is 0.0985. The molecule has 5 nitrogen and oxygen atoms in total. The van der Waals surface area contributed by atoms with Crippen LogP contribution in [0.4, 0.5) is 5.69 Å². The number of carbonyl (C=O) groups excluding carboxylic acids is 1. The average Bonchev–Trinajstić information content (AvgIpc) is 3.01. The van der Waals surface area contributed by atoms with E-state index in [4.69, 9.17) is 0 Å². The van der Waals surface area contributed by atoms with Crippen molar-refractivity contribution < 1.29 is 4.79 Å². The van der Waals surface area contributed by atoms with Crippen molar-refractivity contribution in [1.82, 2.24) is 15.4 Å². The van der Waals surface area contributed by atoms with Gasteiger partial charge in [0.25, 0.3) is 5.91 Å². The SMILES string of the molecule is O=C(c1ccc2n[nH]nc2c1)N1CCCc2ccccc21. The molecule has 3 aromatic rings. The van der Waals surface area contributed by atoms with Crippen LogP contribution in [0, 0.1) is 0 Å². The maximum Gasteiger partial charge on any atom is 0.258 e. The van der Waals surface area contributed by atoms with E-state index in [2.05, 4.69) is 21.5 Å². The summed E-state index contributed by atoms with van der Waals surface area (Å²) in [6.07, 6.45) is 2.03. The minimum Gasteiger partial charge on any atom is -0.308 e. The molecule has 4 rings (SSSR count). The fraction of sp³-hybridized carbons (Fsp3) is 0.188. The summed E-state index contributed by atoms with van der Waals surface area (Å²) in [4.78, 5) is 14.7. The molecule has 1 amide bonds. The van der Waals surface area contributed by atoms with Crippen LogP contribution in [-0.2, 0) is 6.42 Å². The lowest BCUT2D eigenvalue weighted by Crippen LogP contribution is -2.35. The number of carbonyl (C=O) groups is 1. The van der Waals surface area contributed by atoms with Crippen molar-refractivity contribution in [2.45, 2.75) is 12.8 Å². The van der Waals surface area contributed by atoms with Gasteiger partial charge in [-0.1, -0.05) is 18.2 Å². The maximum atomic E-state index is 12.8. The van der Waals surface area contributed by atoms with Gasteiger partial charge >= 0.3 is 0 Å². The van der Waals surface area contributed by atoms with E-state index >= 15 is 0 Å². The van der Waals surface area contributed by atoms with E-state index in [0.717, 1.165) is 30.6 Å². The van der Waals surface area contributed by atoms with Crippen molar-refractivity contribution in [3.05, 3.63) is 53.6 Å². The van der Waals surface area contributed by atoms with Crippen LogP contribution in [-0.4, -0.2) is 27.9 Å². The van der Waals surface area contributed by atoms with Crippen LogP contribution in [0.3, 0.4) is 0 Å². The fourth-order valence-electron chi connectivity index (χ4n) is 2.87. The van der Waals surface area contributed by atoms with Gasteiger partial charge in [-0.15, -0.1) is 0 Å². The molecule has 2 aromatic carbocycles. The van der Waals surface area contributed by atoms with Gasteiger partial charge in [0.2, 0.25) is 0 Å². The molecule has 0 fully saturated rings. The quantitative estimate of drug-likeness (QED) is 0.744. The second-order valence-electron chi connectivity index (χ2n) is 5.22. The van der Waals surface area contributed by atoms with Crippen LogP contribution in [0.1, 0.15) is 22.3 Å². The Labute approximate surface area is 121 Å². The molecule has 0 saturated heterocycles. The molecule has 5 heteroatoms. The summed E-state index contributed by atoms with van der Waals surface area (Å²) in [6.45, 7) is 0.757. The van der Waals surface area contributed by atoms with Crippen LogP contribution < -0.4 is 4.90 Å². The summed E-state index contributed by atoms with van der Waals surface area (Å²) in [5.74, 6) is 0.0204. The van der Waals surface area contributed by atoms with Crippen molar-refractivity contribution >= 4 is 22.6 Å². The van der Waals surface area contributed by atoms with Crippen LogP contribution in [0.25, 0.3) is 11.0 Å². The van der Waals surface area contributed by atoms with E-state index in [9.17, 15) is 4.79 Å². The Morgan fingerprint density at radius 2 is 1.95 bits per heavy atom. The Kier molecular flexibility index (Phi) is 2.70. The molecule has 0 saturated carbocycles. The zero-order valence-electron chi connectivity index (χ0n) is 11.4. The van der Waals surface area contributed by atoms with Gasteiger partial charge in [-0.05, 0) is 42.7 Å². The number of para-hydroxylation sites is 1. The smallest absolute Gasteiger partial charge is 0.258 e. The van der Waals surface area contributed by atoms with Gasteiger partial charge < -0.3 is 4.90 Å². The summed E-state index contributed by atoms with van der Waals surface area (Å²) in [7, 11) is 0. The highest BCUT2D eigenvalue weighted by atomic mass is 16.2. The number of nitrogens with one attached hydrogen (secondary N) is 1. The molecule has 1 aliphatic rings. The third-order valence-corrected chi connectivity index (χ3v) is 3.92. The second-order valence-corrected chi connectivity index (χ2v) is 5.22. The lowest BCUT2D eigenvalue weighted by atomic mass is 10.0. The van der Waals surface area contributed by atoms with Crippen LogP contribution >= 0.6 is 0 Å². The van der Waals surface area contributed by atoms with Crippen LogP contribution in [0.5, 0.6) is 0 Å². The Hall–Kier alpha value is -2.69. The third-order valence-electron chi connectivity index (χ3n) is 3.92. The summed E-state index contributed by atoms with van der Waals surface area (Å²) in [6, 6.07) is 13.5. The maximum absolute atomic E-state index is 12.8. The average molecular weight is 278 g/mol. The number of aromatic nitrogens is 3. The number of hydrogen-bond acceptors (Lipinski definition) is 3. The van der Waals surface area contributed by atoms with E-state index in [1.165, 1.54) is 5.56 Å². The van der Waals surface area contributed by atoms with E-state index in [-0.39, 0.29) is 5.91 Å². The fourth-order valence-corrected chi connectivity index (χ4v) is 2.87. The third kappa shape index (κ3) is 1.98. The number of anilines is 1. The zero-order chi connectivity index (χ0) is 14.2. The van der Waals surface area contributed by atoms with Gasteiger partial charge in [-0.25, -0.2) is 0 Å². The van der Waals surface area contributed by atoms with Gasteiger partial charge in [-0.2, -0.15) is 15.4 Å². The van der Waals surface area contributed by atoms with Crippen molar-refractivity contribution in [2.75, 3.05) is 11.4 Å². The molecule has 104 valence electrons. The largest absolute Gasteiger partial charge is 0.308 e. The Bertz CT molecular complexity index is 824.